The molecule has 0 fully saturated rings. The van der Waals surface area contributed by atoms with E-state index in [1.54, 1.807) is 7.11 Å². The molecule has 15 heavy (non-hydrogen) atoms. The van der Waals surface area contributed by atoms with Gasteiger partial charge in [-0.3, -0.25) is 4.79 Å². The first kappa shape index (κ1) is 11.5. The zero-order valence-corrected chi connectivity index (χ0v) is 8.69. The summed E-state index contributed by atoms with van der Waals surface area (Å²) in [5.74, 6) is 0.459. The number of carbonyl (C=O) groups excluding carboxylic acids is 1. The molecule has 1 amide bonds. The minimum Gasteiger partial charge on any atom is -0.496 e. The molecule has 1 rings (SSSR count). The zero-order valence-electron chi connectivity index (χ0n) is 8.69. The SMILES string of the molecule is COc1ccccc1CCNC(=O)CO. The molecule has 0 spiro atoms. The van der Waals surface area contributed by atoms with Gasteiger partial charge in [0.1, 0.15) is 12.4 Å². The minimum absolute atomic E-state index is 0.357. The second kappa shape index (κ2) is 6.03. The molecule has 0 heterocycles. The summed E-state index contributed by atoms with van der Waals surface area (Å²) in [6.45, 7) is 0.0334. The molecule has 0 aliphatic rings. The number of methoxy groups -OCH3 is 1. The van der Waals surface area contributed by atoms with E-state index in [0.717, 1.165) is 11.3 Å². The van der Waals surface area contributed by atoms with Crippen LogP contribution in [0.4, 0.5) is 0 Å². The Morgan fingerprint density at radius 1 is 1.47 bits per heavy atom. The summed E-state index contributed by atoms with van der Waals surface area (Å²) in [4.78, 5) is 10.8. The van der Waals surface area contributed by atoms with Crippen molar-refractivity contribution in [1.29, 1.82) is 0 Å². The highest BCUT2D eigenvalue weighted by Crippen LogP contribution is 2.16. The molecular formula is C11H15NO3. The van der Waals surface area contributed by atoms with Crippen LogP contribution in [-0.2, 0) is 11.2 Å². The highest BCUT2D eigenvalue weighted by Gasteiger charge is 2.02. The number of nitrogens with one attached hydrogen (secondary N) is 1. The van der Waals surface area contributed by atoms with Crippen LogP contribution in [0.1, 0.15) is 5.56 Å². The van der Waals surface area contributed by atoms with Crippen molar-refractivity contribution in [3.63, 3.8) is 0 Å². The summed E-state index contributed by atoms with van der Waals surface area (Å²) >= 11 is 0. The average Bonchev–Trinajstić information content (AvgIpc) is 2.29. The Bertz CT molecular complexity index is 325. The number of para-hydroxylation sites is 1. The molecule has 82 valence electrons. The molecule has 1 aromatic carbocycles. The van der Waals surface area contributed by atoms with E-state index >= 15 is 0 Å². The summed E-state index contributed by atoms with van der Waals surface area (Å²) in [6, 6.07) is 7.65. The van der Waals surface area contributed by atoms with Crippen molar-refractivity contribution in [2.45, 2.75) is 6.42 Å². The number of benzene rings is 1. The number of aliphatic hydroxyl groups excluding tert-OH is 1. The maximum Gasteiger partial charge on any atom is 0.245 e. The molecule has 0 aromatic heterocycles. The maximum atomic E-state index is 10.8. The highest BCUT2D eigenvalue weighted by molar-refractivity contribution is 5.76. The van der Waals surface area contributed by atoms with Crippen LogP contribution >= 0.6 is 0 Å². The van der Waals surface area contributed by atoms with E-state index in [9.17, 15) is 4.79 Å². The van der Waals surface area contributed by atoms with Gasteiger partial charge in [-0.15, -0.1) is 0 Å². The fraction of sp³-hybridized carbons (Fsp3) is 0.364. The lowest BCUT2D eigenvalue weighted by Crippen LogP contribution is -2.28. The van der Waals surface area contributed by atoms with Crippen molar-refractivity contribution in [3.8, 4) is 5.75 Å². The number of aliphatic hydroxyl groups is 1. The van der Waals surface area contributed by atoms with E-state index in [0.29, 0.717) is 13.0 Å². The summed E-state index contributed by atoms with van der Waals surface area (Å²) < 4.78 is 5.17. The van der Waals surface area contributed by atoms with Crippen LogP contribution in [0.25, 0.3) is 0 Å². The van der Waals surface area contributed by atoms with E-state index in [4.69, 9.17) is 9.84 Å². The summed E-state index contributed by atoms with van der Waals surface area (Å²) in [5, 5.41) is 11.1. The fourth-order valence-electron chi connectivity index (χ4n) is 1.30. The van der Waals surface area contributed by atoms with Crippen molar-refractivity contribution in [1.82, 2.24) is 5.32 Å². The topological polar surface area (TPSA) is 58.6 Å². The van der Waals surface area contributed by atoms with Gasteiger partial charge in [-0.05, 0) is 18.1 Å². The van der Waals surface area contributed by atoms with Crippen LogP contribution in [-0.4, -0.2) is 31.3 Å². The van der Waals surface area contributed by atoms with Crippen molar-refractivity contribution in [2.75, 3.05) is 20.3 Å². The molecule has 0 aliphatic heterocycles. The Hall–Kier alpha value is -1.55. The second-order valence-electron chi connectivity index (χ2n) is 3.07. The molecular weight excluding hydrogens is 194 g/mol. The van der Waals surface area contributed by atoms with E-state index in [1.807, 2.05) is 24.3 Å². The van der Waals surface area contributed by atoms with Crippen LogP contribution in [0, 0.1) is 0 Å². The van der Waals surface area contributed by atoms with Gasteiger partial charge in [0.25, 0.3) is 0 Å². The molecule has 4 heteroatoms. The van der Waals surface area contributed by atoms with Crippen molar-refractivity contribution < 1.29 is 14.6 Å². The zero-order chi connectivity index (χ0) is 11.1. The molecule has 0 saturated heterocycles. The lowest BCUT2D eigenvalue weighted by molar-refractivity contribution is -0.123. The summed E-state index contributed by atoms with van der Waals surface area (Å²) in [5.41, 5.74) is 1.04. The quantitative estimate of drug-likeness (QED) is 0.735. The van der Waals surface area contributed by atoms with Crippen molar-refractivity contribution in [2.24, 2.45) is 0 Å². The van der Waals surface area contributed by atoms with Gasteiger partial charge in [0, 0.05) is 6.54 Å². The third kappa shape index (κ3) is 3.59. The normalized spacial score (nSPS) is 9.73. The van der Waals surface area contributed by atoms with Gasteiger partial charge in [0.2, 0.25) is 5.91 Å². The molecule has 0 unspecified atom stereocenters. The van der Waals surface area contributed by atoms with Gasteiger partial charge < -0.3 is 15.2 Å². The third-order valence-electron chi connectivity index (χ3n) is 2.05. The molecule has 4 nitrogen and oxygen atoms in total. The Balaban J connectivity index is 2.46. The van der Waals surface area contributed by atoms with Crippen molar-refractivity contribution >= 4 is 5.91 Å². The van der Waals surface area contributed by atoms with Gasteiger partial charge in [-0.2, -0.15) is 0 Å². The average molecular weight is 209 g/mol. The Labute approximate surface area is 88.9 Å². The fourth-order valence-corrected chi connectivity index (χ4v) is 1.30. The van der Waals surface area contributed by atoms with Crippen molar-refractivity contribution in [3.05, 3.63) is 29.8 Å². The first-order chi connectivity index (χ1) is 7.27. The standard InChI is InChI=1S/C11H15NO3/c1-15-10-5-3-2-4-9(10)6-7-12-11(14)8-13/h2-5,13H,6-8H2,1H3,(H,12,14). The van der Waals surface area contributed by atoms with E-state index in [-0.39, 0.29) is 5.91 Å². The van der Waals surface area contributed by atoms with E-state index in [2.05, 4.69) is 5.32 Å². The molecule has 0 radical (unpaired) electrons. The monoisotopic (exact) mass is 209 g/mol. The van der Waals surface area contributed by atoms with Crippen LogP contribution < -0.4 is 10.1 Å². The van der Waals surface area contributed by atoms with E-state index in [1.165, 1.54) is 0 Å². The van der Waals surface area contributed by atoms with Gasteiger partial charge in [-0.25, -0.2) is 0 Å². The number of hydrogen-bond acceptors (Lipinski definition) is 3. The number of rotatable bonds is 5. The van der Waals surface area contributed by atoms with Gasteiger partial charge in [0.05, 0.1) is 7.11 Å². The predicted octanol–water partition coefficient (Wildman–Crippen LogP) is 0.346. The summed E-state index contributed by atoms with van der Waals surface area (Å²) in [7, 11) is 1.62. The number of hydrogen-bond donors (Lipinski definition) is 2. The van der Waals surface area contributed by atoms with E-state index < -0.39 is 6.61 Å². The number of ether oxygens (including phenoxy) is 1. The molecule has 0 bridgehead atoms. The van der Waals surface area contributed by atoms with Gasteiger partial charge in [-0.1, -0.05) is 18.2 Å². The molecule has 0 atom stereocenters. The molecule has 0 saturated carbocycles. The Morgan fingerprint density at radius 3 is 2.87 bits per heavy atom. The smallest absolute Gasteiger partial charge is 0.245 e. The summed E-state index contributed by atoms with van der Waals surface area (Å²) in [6.07, 6.45) is 0.690. The van der Waals surface area contributed by atoms with Crippen LogP contribution in [0.3, 0.4) is 0 Å². The highest BCUT2D eigenvalue weighted by atomic mass is 16.5. The first-order valence-corrected chi connectivity index (χ1v) is 4.77. The van der Waals surface area contributed by atoms with Gasteiger partial charge in [0.15, 0.2) is 0 Å². The largest absolute Gasteiger partial charge is 0.496 e. The molecule has 2 N–H and O–H groups in total. The molecule has 0 aliphatic carbocycles. The Kier molecular flexibility index (Phi) is 4.63. The Morgan fingerprint density at radius 2 is 2.20 bits per heavy atom. The lowest BCUT2D eigenvalue weighted by Gasteiger charge is -2.08. The predicted molar refractivity (Wildman–Crippen MR) is 56.8 cm³/mol. The number of amides is 1. The van der Waals surface area contributed by atoms with Crippen LogP contribution in [0.2, 0.25) is 0 Å². The maximum absolute atomic E-state index is 10.8. The second-order valence-corrected chi connectivity index (χ2v) is 3.07. The minimum atomic E-state index is -0.466. The first-order valence-electron chi connectivity index (χ1n) is 4.77. The molecule has 1 aromatic rings. The number of carbonyl (C=O) groups is 1. The van der Waals surface area contributed by atoms with Crippen LogP contribution in [0.5, 0.6) is 5.75 Å². The lowest BCUT2D eigenvalue weighted by atomic mass is 10.1. The van der Waals surface area contributed by atoms with Crippen LogP contribution in [0.15, 0.2) is 24.3 Å². The third-order valence-corrected chi connectivity index (χ3v) is 2.05. The van der Waals surface area contributed by atoms with Gasteiger partial charge >= 0.3 is 0 Å².